The van der Waals surface area contributed by atoms with Crippen LogP contribution >= 0.6 is 15.9 Å². The molecule has 0 aliphatic heterocycles. The van der Waals surface area contributed by atoms with Gasteiger partial charge in [-0.1, -0.05) is 18.2 Å². The number of hydrogen-bond acceptors (Lipinski definition) is 5. The SMILES string of the molecule is CCOCCOc1ccccc1C(=O)NNC(=O)COc1ccc(C)cc1Br. The Morgan fingerprint density at radius 1 is 1.00 bits per heavy atom. The lowest BCUT2D eigenvalue weighted by atomic mass is 10.2. The number of para-hydroxylation sites is 1. The molecule has 2 aromatic carbocycles. The molecule has 8 heteroatoms. The van der Waals surface area contributed by atoms with Crippen molar-refractivity contribution in [2.75, 3.05) is 26.4 Å². The van der Waals surface area contributed by atoms with E-state index in [0.29, 0.717) is 36.9 Å². The molecular formula is C20H23BrN2O5. The number of nitrogens with one attached hydrogen (secondary N) is 2. The van der Waals surface area contributed by atoms with Crippen LogP contribution < -0.4 is 20.3 Å². The second kappa shape index (κ2) is 11.3. The molecule has 0 aliphatic rings. The number of amides is 2. The summed E-state index contributed by atoms with van der Waals surface area (Å²) < 4.78 is 17.0. The van der Waals surface area contributed by atoms with E-state index in [9.17, 15) is 9.59 Å². The monoisotopic (exact) mass is 450 g/mol. The first kappa shape index (κ1) is 21.7. The summed E-state index contributed by atoms with van der Waals surface area (Å²) in [6.45, 7) is 4.95. The van der Waals surface area contributed by atoms with E-state index in [2.05, 4.69) is 26.8 Å². The smallest absolute Gasteiger partial charge is 0.276 e. The van der Waals surface area contributed by atoms with Gasteiger partial charge in [0.1, 0.15) is 18.1 Å². The third-order valence-electron chi connectivity index (χ3n) is 3.58. The maximum atomic E-state index is 12.3. The first-order valence-corrected chi connectivity index (χ1v) is 9.58. The van der Waals surface area contributed by atoms with Crippen molar-refractivity contribution in [1.29, 1.82) is 0 Å². The van der Waals surface area contributed by atoms with Crippen molar-refractivity contribution >= 4 is 27.7 Å². The fourth-order valence-corrected chi connectivity index (χ4v) is 2.84. The zero-order valence-electron chi connectivity index (χ0n) is 15.8. The Morgan fingerprint density at radius 3 is 2.54 bits per heavy atom. The second-order valence-electron chi connectivity index (χ2n) is 5.77. The standard InChI is InChI=1S/C20H23BrN2O5/c1-3-26-10-11-27-17-7-5-4-6-15(17)20(25)23-22-19(24)13-28-18-9-8-14(2)12-16(18)21/h4-9,12H,3,10-11,13H2,1-2H3,(H,22,24)(H,23,25). The lowest BCUT2D eigenvalue weighted by molar-refractivity contribution is -0.123. The summed E-state index contributed by atoms with van der Waals surface area (Å²) in [7, 11) is 0. The maximum absolute atomic E-state index is 12.3. The Labute approximate surface area is 172 Å². The predicted molar refractivity (Wildman–Crippen MR) is 108 cm³/mol. The van der Waals surface area contributed by atoms with Crippen LogP contribution in [0.5, 0.6) is 11.5 Å². The average Bonchev–Trinajstić information content (AvgIpc) is 2.69. The lowest BCUT2D eigenvalue weighted by Gasteiger charge is -2.13. The molecule has 2 N–H and O–H groups in total. The van der Waals surface area contributed by atoms with Crippen molar-refractivity contribution in [3.8, 4) is 11.5 Å². The van der Waals surface area contributed by atoms with Gasteiger partial charge in [-0.15, -0.1) is 0 Å². The van der Waals surface area contributed by atoms with E-state index >= 15 is 0 Å². The van der Waals surface area contributed by atoms with Crippen LogP contribution in [0.4, 0.5) is 0 Å². The molecular weight excluding hydrogens is 428 g/mol. The molecule has 150 valence electrons. The van der Waals surface area contributed by atoms with E-state index in [0.717, 1.165) is 10.0 Å². The first-order chi connectivity index (χ1) is 13.5. The Balaban J connectivity index is 1.83. The Bertz CT molecular complexity index is 813. The second-order valence-corrected chi connectivity index (χ2v) is 6.62. The molecule has 0 heterocycles. The minimum atomic E-state index is -0.490. The van der Waals surface area contributed by atoms with Crippen molar-refractivity contribution in [3.63, 3.8) is 0 Å². The summed E-state index contributed by atoms with van der Waals surface area (Å²) >= 11 is 3.38. The molecule has 0 saturated heterocycles. The van der Waals surface area contributed by atoms with Gasteiger partial charge in [-0.05, 0) is 59.6 Å². The van der Waals surface area contributed by atoms with Gasteiger partial charge in [0.15, 0.2) is 6.61 Å². The minimum Gasteiger partial charge on any atom is -0.490 e. The molecule has 0 saturated carbocycles. The van der Waals surface area contributed by atoms with Gasteiger partial charge >= 0.3 is 0 Å². The number of aryl methyl sites for hydroxylation is 1. The molecule has 0 aliphatic carbocycles. The molecule has 0 bridgehead atoms. The minimum absolute atomic E-state index is 0.242. The fourth-order valence-electron chi connectivity index (χ4n) is 2.23. The van der Waals surface area contributed by atoms with Gasteiger partial charge in [0.05, 0.1) is 16.6 Å². The van der Waals surface area contributed by atoms with Crippen molar-refractivity contribution in [2.45, 2.75) is 13.8 Å². The molecule has 7 nitrogen and oxygen atoms in total. The Hall–Kier alpha value is -2.58. The average molecular weight is 451 g/mol. The zero-order valence-corrected chi connectivity index (χ0v) is 17.4. The van der Waals surface area contributed by atoms with Crippen LogP contribution in [0.25, 0.3) is 0 Å². The molecule has 2 aromatic rings. The Morgan fingerprint density at radius 2 is 1.79 bits per heavy atom. The topological polar surface area (TPSA) is 85.9 Å². The summed E-state index contributed by atoms with van der Waals surface area (Å²) in [6.07, 6.45) is 0. The predicted octanol–water partition coefficient (Wildman–Crippen LogP) is 3.01. The van der Waals surface area contributed by atoms with E-state index in [1.807, 2.05) is 26.0 Å². The first-order valence-electron chi connectivity index (χ1n) is 8.79. The highest BCUT2D eigenvalue weighted by atomic mass is 79.9. The summed E-state index contributed by atoms with van der Waals surface area (Å²) in [5.74, 6) is -0.0265. The number of carbonyl (C=O) groups is 2. The number of ether oxygens (including phenoxy) is 3. The maximum Gasteiger partial charge on any atom is 0.276 e. The van der Waals surface area contributed by atoms with Gasteiger partial charge in [0.2, 0.25) is 0 Å². The van der Waals surface area contributed by atoms with Crippen molar-refractivity contribution in [1.82, 2.24) is 10.9 Å². The van der Waals surface area contributed by atoms with E-state index in [1.165, 1.54) is 0 Å². The third kappa shape index (κ3) is 6.86. The zero-order chi connectivity index (χ0) is 20.4. The van der Waals surface area contributed by atoms with E-state index < -0.39 is 11.8 Å². The van der Waals surface area contributed by atoms with E-state index in [4.69, 9.17) is 14.2 Å². The van der Waals surface area contributed by atoms with Gasteiger partial charge in [-0.3, -0.25) is 20.4 Å². The van der Waals surface area contributed by atoms with Gasteiger partial charge in [-0.2, -0.15) is 0 Å². The van der Waals surface area contributed by atoms with Crippen LogP contribution in [0.1, 0.15) is 22.8 Å². The summed E-state index contributed by atoms with van der Waals surface area (Å²) in [4.78, 5) is 24.3. The number of carbonyl (C=O) groups excluding carboxylic acids is 2. The molecule has 2 amide bonds. The number of halogens is 1. The van der Waals surface area contributed by atoms with Gasteiger partial charge in [-0.25, -0.2) is 0 Å². The molecule has 28 heavy (non-hydrogen) atoms. The number of rotatable bonds is 9. The van der Waals surface area contributed by atoms with Gasteiger partial charge in [0.25, 0.3) is 11.8 Å². The largest absolute Gasteiger partial charge is 0.490 e. The number of hydrogen-bond donors (Lipinski definition) is 2. The van der Waals surface area contributed by atoms with Crippen LogP contribution in [0.15, 0.2) is 46.9 Å². The molecule has 0 radical (unpaired) electrons. The summed E-state index contributed by atoms with van der Waals surface area (Å²) in [5.41, 5.74) is 6.06. The van der Waals surface area contributed by atoms with Gasteiger partial charge < -0.3 is 14.2 Å². The fraction of sp³-hybridized carbons (Fsp3) is 0.300. The van der Waals surface area contributed by atoms with Crippen molar-refractivity contribution < 1.29 is 23.8 Å². The van der Waals surface area contributed by atoms with Crippen molar-refractivity contribution in [2.24, 2.45) is 0 Å². The molecule has 0 atom stereocenters. The number of benzene rings is 2. The van der Waals surface area contributed by atoms with E-state index in [-0.39, 0.29) is 6.61 Å². The molecule has 0 unspecified atom stereocenters. The summed E-state index contributed by atoms with van der Waals surface area (Å²) in [6, 6.07) is 12.3. The van der Waals surface area contributed by atoms with Crippen LogP contribution in [0, 0.1) is 6.92 Å². The van der Waals surface area contributed by atoms with Crippen LogP contribution in [0.2, 0.25) is 0 Å². The van der Waals surface area contributed by atoms with E-state index in [1.54, 1.807) is 30.3 Å². The van der Waals surface area contributed by atoms with Crippen molar-refractivity contribution in [3.05, 3.63) is 58.1 Å². The molecule has 0 spiro atoms. The normalized spacial score (nSPS) is 10.2. The third-order valence-corrected chi connectivity index (χ3v) is 4.20. The molecule has 0 fully saturated rings. The van der Waals surface area contributed by atoms with Crippen LogP contribution in [-0.4, -0.2) is 38.2 Å². The highest BCUT2D eigenvalue weighted by Gasteiger charge is 2.13. The molecule has 2 rings (SSSR count). The number of hydrazine groups is 1. The highest BCUT2D eigenvalue weighted by molar-refractivity contribution is 9.10. The lowest BCUT2D eigenvalue weighted by Crippen LogP contribution is -2.44. The molecule has 0 aromatic heterocycles. The van der Waals surface area contributed by atoms with Gasteiger partial charge in [0, 0.05) is 6.61 Å². The summed E-state index contributed by atoms with van der Waals surface area (Å²) in [5, 5.41) is 0. The van der Waals surface area contributed by atoms with Crippen LogP contribution in [0.3, 0.4) is 0 Å². The highest BCUT2D eigenvalue weighted by Crippen LogP contribution is 2.25. The quantitative estimate of drug-likeness (QED) is 0.452. The van der Waals surface area contributed by atoms with Crippen LogP contribution in [-0.2, 0) is 9.53 Å². The Kier molecular flexibility index (Phi) is 8.77.